The van der Waals surface area contributed by atoms with E-state index < -0.39 is 0 Å². The van der Waals surface area contributed by atoms with Gasteiger partial charge in [-0.25, -0.2) is 0 Å². The van der Waals surface area contributed by atoms with Crippen molar-refractivity contribution in [1.82, 2.24) is 5.32 Å². The molecule has 1 aromatic carbocycles. The minimum atomic E-state index is -0.166. The molecule has 0 saturated heterocycles. The Morgan fingerprint density at radius 3 is 2.53 bits per heavy atom. The third-order valence-corrected chi connectivity index (χ3v) is 3.90. The molecule has 3 N–H and O–H groups in total. The predicted octanol–water partition coefficient (Wildman–Crippen LogP) is 3.34. The van der Waals surface area contributed by atoms with Gasteiger partial charge in [0.25, 0.3) is 5.91 Å². The van der Waals surface area contributed by atoms with Gasteiger partial charge in [0.2, 0.25) is 0 Å². The van der Waals surface area contributed by atoms with Crippen LogP contribution in [0.1, 0.15) is 44.0 Å². The number of nitrogen functional groups attached to an aromatic ring is 1. The van der Waals surface area contributed by atoms with E-state index in [1.807, 2.05) is 6.92 Å². The first-order chi connectivity index (χ1) is 7.91. The van der Waals surface area contributed by atoms with Gasteiger partial charge in [0.05, 0.1) is 5.56 Å². The van der Waals surface area contributed by atoms with E-state index in [9.17, 15) is 4.79 Å². The maximum atomic E-state index is 12.2. The van der Waals surface area contributed by atoms with Gasteiger partial charge in [-0.3, -0.25) is 4.79 Å². The van der Waals surface area contributed by atoms with Crippen molar-refractivity contribution in [2.75, 3.05) is 5.73 Å². The highest BCUT2D eigenvalue weighted by Crippen LogP contribution is 2.21. The second-order valence-electron chi connectivity index (χ2n) is 4.46. The number of hydrogen-bond acceptors (Lipinski definition) is 2. The molecule has 0 radical (unpaired) electrons. The number of amides is 1. The summed E-state index contributed by atoms with van der Waals surface area (Å²) in [6.07, 6.45) is 1.80. The Morgan fingerprint density at radius 2 is 2.00 bits per heavy atom. The summed E-state index contributed by atoms with van der Waals surface area (Å²) in [4.78, 5) is 12.2. The number of carbonyl (C=O) groups excluding carboxylic acids is 1. The number of carbonyl (C=O) groups is 1. The smallest absolute Gasteiger partial charge is 0.252 e. The molecule has 0 aliphatic rings. The summed E-state index contributed by atoms with van der Waals surface area (Å²) in [7, 11) is 0. The summed E-state index contributed by atoms with van der Waals surface area (Å²) in [6.45, 7) is 6.18. The topological polar surface area (TPSA) is 55.1 Å². The SMILES string of the molecule is CCC(C)(CC)NC(=O)c1cc(N)ccc1Br. The molecular formula is C13H19BrN2O. The summed E-state index contributed by atoms with van der Waals surface area (Å²) in [6, 6.07) is 5.24. The zero-order valence-electron chi connectivity index (χ0n) is 10.5. The lowest BCUT2D eigenvalue weighted by Gasteiger charge is -2.28. The van der Waals surface area contributed by atoms with Crippen LogP contribution in [0.15, 0.2) is 22.7 Å². The van der Waals surface area contributed by atoms with Gasteiger partial charge in [0.1, 0.15) is 0 Å². The molecule has 0 atom stereocenters. The van der Waals surface area contributed by atoms with E-state index in [4.69, 9.17) is 5.73 Å². The second kappa shape index (κ2) is 5.54. The first kappa shape index (κ1) is 14.0. The number of rotatable bonds is 4. The molecule has 0 spiro atoms. The molecule has 0 heterocycles. The molecule has 0 bridgehead atoms. The molecular weight excluding hydrogens is 280 g/mol. The van der Waals surface area contributed by atoms with Crippen LogP contribution in [-0.2, 0) is 0 Å². The fourth-order valence-corrected chi connectivity index (χ4v) is 1.91. The zero-order valence-corrected chi connectivity index (χ0v) is 12.1. The Labute approximate surface area is 111 Å². The van der Waals surface area contributed by atoms with Crippen molar-refractivity contribution in [3.8, 4) is 0 Å². The third-order valence-electron chi connectivity index (χ3n) is 3.21. The van der Waals surface area contributed by atoms with Gasteiger partial charge in [-0.05, 0) is 53.9 Å². The van der Waals surface area contributed by atoms with Crippen molar-refractivity contribution in [3.05, 3.63) is 28.2 Å². The van der Waals surface area contributed by atoms with Crippen LogP contribution in [0.25, 0.3) is 0 Å². The van der Waals surface area contributed by atoms with Crippen LogP contribution in [0.3, 0.4) is 0 Å². The van der Waals surface area contributed by atoms with E-state index in [0.29, 0.717) is 11.3 Å². The highest BCUT2D eigenvalue weighted by molar-refractivity contribution is 9.10. The molecule has 0 fully saturated rings. The molecule has 0 unspecified atom stereocenters. The minimum absolute atomic E-state index is 0.0876. The van der Waals surface area contributed by atoms with Crippen LogP contribution in [-0.4, -0.2) is 11.4 Å². The summed E-state index contributed by atoms with van der Waals surface area (Å²) in [5.41, 5.74) is 6.70. The number of halogens is 1. The molecule has 1 amide bonds. The minimum Gasteiger partial charge on any atom is -0.399 e. The molecule has 17 heavy (non-hydrogen) atoms. The van der Waals surface area contributed by atoms with Crippen molar-refractivity contribution in [3.63, 3.8) is 0 Å². The van der Waals surface area contributed by atoms with Gasteiger partial charge >= 0.3 is 0 Å². The Bertz CT molecular complexity index is 414. The number of hydrogen-bond donors (Lipinski definition) is 2. The van der Waals surface area contributed by atoms with Gasteiger partial charge in [-0.15, -0.1) is 0 Å². The van der Waals surface area contributed by atoms with Crippen molar-refractivity contribution in [2.45, 2.75) is 39.2 Å². The molecule has 4 heteroatoms. The zero-order chi connectivity index (χ0) is 13.1. The molecule has 0 aliphatic carbocycles. The number of benzene rings is 1. The van der Waals surface area contributed by atoms with Crippen molar-refractivity contribution in [1.29, 1.82) is 0 Å². The Balaban J connectivity index is 2.94. The van der Waals surface area contributed by atoms with E-state index in [1.54, 1.807) is 18.2 Å². The molecule has 1 rings (SSSR count). The molecule has 0 saturated carbocycles. The van der Waals surface area contributed by atoms with Crippen LogP contribution in [0.4, 0.5) is 5.69 Å². The standard InChI is InChI=1S/C13H19BrN2O/c1-4-13(3,5-2)16-12(17)10-8-9(15)6-7-11(10)14/h6-8H,4-5,15H2,1-3H3,(H,16,17). The van der Waals surface area contributed by atoms with Gasteiger partial charge in [0.15, 0.2) is 0 Å². The van der Waals surface area contributed by atoms with E-state index in [2.05, 4.69) is 35.1 Å². The summed E-state index contributed by atoms with van der Waals surface area (Å²) in [5.74, 6) is -0.0876. The average Bonchev–Trinajstić information content (AvgIpc) is 2.32. The Kier molecular flexibility index (Phi) is 4.57. The first-order valence-corrected chi connectivity index (χ1v) is 6.58. The second-order valence-corrected chi connectivity index (χ2v) is 5.32. The van der Waals surface area contributed by atoms with Crippen molar-refractivity contribution in [2.24, 2.45) is 0 Å². The monoisotopic (exact) mass is 298 g/mol. The molecule has 1 aromatic rings. The van der Waals surface area contributed by atoms with Gasteiger partial charge in [-0.1, -0.05) is 13.8 Å². The predicted molar refractivity (Wildman–Crippen MR) is 75.0 cm³/mol. The van der Waals surface area contributed by atoms with E-state index in [-0.39, 0.29) is 11.4 Å². The molecule has 3 nitrogen and oxygen atoms in total. The quantitative estimate of drug-likeness (QED) is 0.838. The lowest BCUT2D eigenvalue weighted by Crippen LogP contribution is -2.45. The summed E-state index contributed by atoms with van der Waals surface area (Å²) < 4.78 is 0.763. The average molecular weight is 299 g/mol. The van der Waals surface area contributed by atoms with Crippen LogP contribution >= 0.6 is 15.9 Å². The molecule has 94 valence electrons. The third kappa shape index (κ3) is 3.46. The number of nitrogens with two attached hydrogens (primary N) is 1. The van der Waals surface area contributed by atoms with E-state index in [0.717, 1.165) is 17.3 Å². The summed E-state index contributed by atoms with van der Waals surface area (Å²) in [5, 5.41) is 3.05. The lowest BCUT2D eigenvalue weighted by molar-refractivity contribution is 0.0900. The molecule has 0 aromatic heterocycles. The summed E-state index contributed by atoms with van der Waals surface area (Å²) >= 11 is 3.37. The lowest BCUT2D eigenvalue weighted by atomic mass is 9.95. The highest BCUT2D eigenvalue weighted by Gasteiger charge is 2.23. The molecule has 0 aliphatic heterocycles. The number of nitrogens with one attached hydrogen (secondary N) is 1. The fourth-order valence-electron chi connectivity index (χ4n) is 1.49. The Morgan fingerprint density at radius 1 is 1.41 bits per heavy atom. The van der Waals surface area contributed by atoms with Crippen LogP contribution in [0.2, 0.25) is 0 Å². The fraction of sp³-hybridized carbons (Fsp3) is 0.462. The number of anilines is 1. The maximum absolute atomic E-state index is 12.2. The van der Waals surface area contributed by atoms with E-state index >= 15 is 0 Å². The van der Waals surface area contributed by atoms with Crippen molar-refractivity contribution < 1.29 is 4.79 Å². The largest absolute Gasteiger partial charge is 0.399 e. The van der Waals surface area contributed by atoms with E-state index in [1.165, 1.54) is 0 Å². The van der Waals surface area contributed by atoms with Crippen molar-refractivity contribution >= 4 is 27.5 Å². The Hall–Kier alpha value is -1.03. The highest BCUT2D eigenvalue weighted by atomic mass is 79.9. The van der Waals surface area contributed by atoms with Gasteiger partial charge in [-0.2, -0.15) is 0 Å². The normalized spacial score (nSPS) is 11.3. The van der Waals surface area contributed by atoms with Crippen LogP contribution in [0, 0.1) is 0 Å². The van der Waals surface area contributed by atoms with Crippen LogP contribution in [0.5, 0.6) is 0 Å². The van der Waals surface area contributed by atoms with Gasteiger partial charge in [0, 0.05) is 15.7 Å². The van der Waals surface area contributed by atoms with Crippen LogP contribution < -0.4 is 11.1 Å². The first-order valence-electron chi connectivity index (χ1n) is 5.79. The van der Waals surface area contributed by atoms with Gasteiger partial charge < -0.3 is 11.1 Å². The maximum Gasteiger partial charge on any atom is 0.252 e.